The van der Waals surface area contributed by atoms with Crippen molar-refractivity contribution in [1.82, 2.24) is 15.8 Å². The number of nitrogens with one attached hydrogen (secondary N) is 2. The maximum Gasteiger partial charge on any atom is 0.314 e. The van der Waals surface area contributed by atoms with Gasteiger partial charge in [0, 0.05) is 18.7 Å². The molecule has 1 rings (SSSR count). The molecule has 0 aliphatic rings. The van der Waals surface area contributed by atoms with Crippen LogP contribution >= 0.6 is 0 Å². The van der Waals surface area contributed by atoms with Gasteiger partial charge in [-0.2, -0.15) is 0 Å². The predicted molar refractivity (Wildman–Crippen MR) is 81.2 cm³/mol. The first-order chi connectivity index (χ1) is 9.99. The molecule has 1 atom stereocenters. The summed E-state index contributed by atoms with van der Waals surface area (Å²) < 4.78 is 5.07. The Morgan fingerprint density at radius 3 is 2.48 bits per heavy atom. The van der Waals surface area contributed by atoms with E-state index in [1.54, 1.807) is 0 Å². The molecule has 3 N–H and O–H groups in total. The minimum Gasteiger partial charge on any atom is -0.391 e. The molecule has 0 radical (unpaired) electrons. The highest BCUT2D eigenvalue weighted by atomic mass is 16.5. The first kappa shape index (κ1) is 17.5. The summed E-state index contributed by atoms with van der Waals surface area (Å²) in [5.41, 5.74) is 1.89. The predicted octanol–water partition coefficient (Wildman–Crippen LogP) is 1.93. The quantitative estimate of drug-likeness (QED) is 0.684. The minimum absolute atomic E-state index is 0.229. The van der Waals surface area contributed by atoms with Crippen molar-refractivity contribution >= 4 is 6.03 Å². The summed E-state index contributed by atoms with van der Waals surface area (Å²) in [6.07, 6.45) is 2.01. The molecule has 21 heavy (non-hydrogen) atoms. The van der Waals surface area contributed by atoms with Crippen molar-refractivity contribution in [2.24, 2.45) is 5.92 Å². The average molecular weight is 297 g/mol. The molecular formula is C15H27N3O3. The molecule has 1 heterocycles. The molecule has 0 saturated carbocycles. The average Bonchev–Trinajstić information content (AvgIpc) is 2.78. The number of hydrogen-bond donors (Lipinski definition) is 3. The number of amides is 2. The molecule has 0 aliphatic carbocycles. The lowest BCUT2D eigenvalue weighted by atomic mass is 9.97. The van der Waals surface area contributed by atoms with Gasteiger partial charge in [0.25, 0.3) is 0 Å². The molecule has 0 bridgehead atoms. The zero-order chi connectivity index (χ0) is 15.8. The van der Waals surface area contributed by atoms with Crippen LogP contribution in [0, 0.1) is 19.8 Å². The largest absolute Gasteiger partial charge is 0.391 e. The number of rotatable bonds is 8. The van der Waals surface area contributed by atoms with Gasteiger partial charge < -0.3 is 20.3 Å². The number of hydrogen-bond acceptors (Lipinski definition) is 4. The van der Waals surface area contributed by atoms with E-state index in [0.29, 0.717) is 13.0 Å². The molecule has 120 valence electrons. The van der Waals surface area contributed by atoms with Crippen LogP contribution in [-0.4, -0.2) is 35.5 Å². The first-order valence-electron chi connectivity index (χ1n) is 7.61. The summed E-state index contributed by atoms with van der Waals surface area (Å²) in [5.74, 6) is 1.02. The van der Waals surface area contributed by atoms with Crippen molar-refractivity contribution in [3.8, 4) is 0 Å². The Morgan fingerprint density at radius 1 is 1.29 bits per heavy atom. The van der Waals surface area contributed by atoms with Gasteiger partial charge in [-0.25, -0.2) is 4.79 Å². The molecule has 6 heteroatoms. The van der Waals surface area contributed by atoms with E-state index in [-0.39, 0.29) is 18.5 Å². The van der Waals surface area contributed by atoms with Gasteiger partial charge in [-0.05, 0) is 26.2 Å². The number of aryl methyl sites for hydroxylation is 2. The number of aromatic nitrogens is 1. The zero-order valence-corrected chi connectivity index (χ0v) is 13.4. The number of carbonyl (C=O) groups excluding carboxylic acids is 1. The van der Waals surface area contributed by atoms with Crippen LogP contribution in [0.5, 0.6) is 0 Å². The Morgan fingerprint density at radius 2 is 1.95 bits per heavy atom. The van der Waals surface area contributed by atoms with E-state index in [1.165, 1.54) is 0 Å². The van der Waals surface area contributed by atoms with Gasteiger partial charge >= 0.3 is 6.03 Å². The summed E-state index contributed by atoms with van der Waals surface area (Å²) in [6.45, 7) is 8.63. The third-order valence-electron chi connectivity index (χ3n) is 3.91. The van der Waals surface area contributed by atoms with E-state index in [4.69, 9.17) is 4.52 Å². The highest BCUT2D eigenvalue weighted by molar-refractivity contribution is 5.73. The van der Waals surface area contributed by atoms with Gasteiger partial charge in [0.1, 0.15) is 5.76 Å². The lowest BCUT2D eigenvalue weighted by Gasteiger charge is -2.20. The van der Waals surface area contributed by atoms with Gasteiger partial charge in [0.2, 0.25) is 0 Å². The van der Waals surface area contributed by atoms with E-state index >= 15 is 0 Å². The fraction of sp³-hybridized carbons (Fsp3) is 0.733. The molecule has 0 aliphatic heterocycles. The molecular weight excluding hydrogens is 270 g/mol. The smallest absolute Gasteiger partial charge is 0.314 e. The van der Waals surface area contributed by atoms with Crippen LogP contribution in [0.25, 0.3) is 0 Å². The van der Waals surface area contributed by atoms with Crippen LogP contribution in [0.15, 0.2) is 4.52 Å². The maximum atomic E-state index is 11.7. The van der Waals surface area contributed by atoms with Crippen molar-refractivity contribution in [3.05, 3.63) is 17.0 Å². The maximum absolute atomic E-state index is 11.7. The zero-order valence-electron chi connectivity index (χ0n) is 13.4. The van der Waals surface area contributed by atoms with Crippen LogP contribution in [0.4, 0.5) is 4.79 Å². The Bertz CT molecular complexity index is 422. The molecule has 0 fully saturated rings. The fourth-order valence-electron chi connectivity index (χ4n) is 2.42. The van der Waals surface area contributed by atoms with E-state index in [1.807, 2.05) is 27.7 Å². The second kappa shape index (κ2) is 8.67. The Balaban J connectivity index is 2.26. The molecule has 0 aromatic carbocycles. The topological polar surface area (TPSA) is 87.4 Å². The molecule has 1 aromatic heterocycles. The molecule has 1 aromatic rings. The summed E-state index contributed by atoms with van der Waals surface area (Å²) in [7, 11) is 0. The summed E-state index contributed by atoms with van der Waals surface area (Å²) >= 11 is 0. The molecule has 6 nitrogen and oxygen atoms in total. The normalized spacial score (nSPS) is 12.5. The van der Waals surface area contributed by atoms with E-state index in [0.717, 1.165) is 29.9 Å². The summed E-state index contributed by atoms with van der Waals surface area (Å²) in [5, 5.41) is 19.3. The number of aliphatic hydroxyl groups is 1. The lowest BCUT2D eigenvalue weighted by molar-refractivity contribution is 0.103. The number of urea groups is 1. The third-order valence-corrected chi connectivity index (χ3v) is 3.91. The van der Waals surface area contributed by atoms with Crippen molar-refractivity contribution in [2.45, 2.75) is 53.1 Å². The molecule has 0 spiro atoms. The van der Waals surface area contributed by atoms with Crippen molar-refractivity contribution < 1.29 is 14.4 Å². The first-order valence-corrected chi connectivity index (χ1v) is 7.61. The molecule has 0 saturated heterocycles. The molecule has 2 amide bonds. The fourth-order valence-corrected chi connectivity index (χ4v) is 2.42. The monoisotopic (exact) mass is 297 g/mol. The van der Waals surface area contributed by atoms with Crippen molar-refractivity contribution in [2.75, 3.05) is 13.1 Å². The lowest BCUT2D eigenvalue weighted by Crippen LogP contribution is -2.42. The summed E-state index contributed by atoms with van der Waals surface area (Å²) in [4.78, 5) is 11.7. The Kier molecular flexibility index (Phi) is 7.22. The van der Waals surface area contributed by atoms with Gasteiger partial charge in [-0.15, -0.1) is 0 Å². The van der Waals surface area contributed by atoms with E-state index in [9.17, 15) is 9.90 Å². The highest BCUT2D eigenvalue weighted by Gasteiger charge is 2.16. The van der Waals surface area contributed by atoms with Gasteiger partial charge in [-0.1, -0.05) is 31.8 Å². The Labute approximate surface area is 126 Å². The second-order valence-corrected chi connectivity index (χ2v) is 5.33. The van der Waals surface area contributed by atoms with E-state index < -0.39 is 6.10 Å². The minimum atomic E-state index is -0.492. The van der Waals surface area contributed by atoms with Crippen molar-refractivity contribution in [1.29, 1.82) is 0 Å². The third kappa shape index (κ3) is 5.38. The van der Waals surface area contributed by atoms with Crippen LogP contribution in [-0.2, 0) is 6.42 Å². The highest BCUT2D eigenvalue weighted by Crippen LogP contribution is 2.13. The van der Waals surface area contributed by atoms with Crippen LogP contribution in [0.2, 0.25) is 0 Å². The number of aliphatic hydroxyl groups excluding tert-OH is 1. The van der Waals surface area contributed by atoms with Gasteiger partial charge in [0.05, 0.1) is 11.8 Å². The van der Waals surface area contributed by atoms with Crippen molar-refractivity contribution in [3.63, 3.8) is 0 Å². The van der Waals surface area contributed by atoms with Gasteiger partial charge in [-0.3, -0.25) is 0 Å². The van der Waals surface area contributed by atoms with Gasteiger partial charge in [0.15, 0.2) is 0 Å². The number of nitrogens with zero attached hydrogens (tertiary/aromatic N) is 1. The van der Waals surface area contributed by atoms with E-state index in [2.05, 4.69) is 15.8 Å². The SMILES string of the molecule is CCC(CC)C(O)CNC(=O)NCCc1c(C)noc1C. The standard InChI is InChI=1S/C15H27N3O3/c1-5-12(6-2)14(19)9-17-15(20)16-8-7-13-10(3)18-21-11(13)4/h12,14,19H,5-9H2,1-4H3,(H2,16,17,20). The Hall–Kier alpha value is -1.56. The van der Waals surface area contributed by atoms with Crippen LogP contribution in [0.1, 0.15) is 43.7 Å². The number of carbonyl (C=O) groups is 1. The van der Waals surface area contributed by atoms with Crippen LogP contribution < -0.4 is 10.6 Å². The van der Waals surface area contributed by atoms with Crippen LogP contribution in [0.3, 0.4) is 0 Å². The second-order valence-electron chi connectivity index (χ2n) is 5.33. The molecule has 1 unspecified atom stereocenters. The summed E-state index contributed by atoms with van der Waals surface area (Å²) in [6, 6.07) is -0.258.